The third kappa shape index (κ3) is 2.01. The molecule has 1 rings (SSSR count). The van der Waals surface area contributed by atoms with Crippen LogP contribution < -0.4 is 9.66 Å². The number of nitrogens with two attached hydrogens (primary N) is 1. The Kier molecular flexibility index (Phi) is 2.93. The van der Waals surface area contributed by atoms with Crippen LogP contribution in [-0.2, 0) is 0 Å². The van der Waals surface area contributed by atoms with Crippen molar-refractivity contribution in [2.75, 3.05) is 3.93 Å². The third-order valence-electron chi connectivity index (χ3n) is 2.00. The number of hydrogen-bond acceptors (Lipinski definition) is 1. The van der Waals surface area contributed by atoms with Crippen LogP contribution in [-0.4, -0.2) is 5.96 Å². The molecule has 0 aliphatic carbocycles. The average molecular weight is 242 g/mol. The highest BCUT2D eigenvalue weighted by molar-refractivity contribution is 9.10. The van der Waals surface area contributed by atoms with Crippen LogP contribution in [0.1, 0.15) is 11.1 Å². The minimum Gasteiger partial charge on any atom is -0.369 e. The Bertz CT molecular complexity index is 336. The monoisotopic (exact) mass is 241 g/mol. The van der Waals surface area contributed by atoms with Crippen LogP contribution in [0, 0.1) is 19.3 Å². The Morgan fingerprint density at radius 1 is 1.46 bits per heavy atom. The number of rotatable bonds is 1. The lowest BCUT2D eigenvalue weighted by atomic mass is 10.1. The molecule has 0 saturated heterocycles. The molecular formula is C9H12BrN3. The van der Waals surface area contributed by atoms with E-state index in [4.69, 9.17) is 11.1 Å². The zero-order valence-electron chi connectivity index (χ0n) is 7.63. The molecule has 0 aliphatic rings. The van der Waals surface area contributed by atoms with Gasteiger partial charge in [-0.3, -0.25) is 5.41 Å². The van der Waals surface area contributed by atoms with Gasteiger partial charge in [0, 0.05) is 0 Å². The van der Waals surface area contributed by atoms with E-state index in [0.29, 0.717) is 0 Å². The highest BCUT2D eigenvalue weighted by Gasteiger charge is 2.09. The van der Waals surface area contributed by atoms with E-state index in [1.165, 1.54) is 9.49 Å². The van der Waals surface area contributed by atoms with Crippen molar-refractivity contribution in [2.45, 2.75) is 13.8 Å². The van der Waals surface area contributed by atoms with Crippen LogP contribution in [0.2, 0.25) is 0 Å². The molecule has 0 amide bonds. The molecule has 0 fully saturated rings. The lowest BCUT2D eigenvalue weighted by Gasteiger charge is -2.17. The Labute approximate surface area is 86.4 Å². The van der Waals surface area contributed by atoms with Crippen molar-refractivity contribution in [3.05, 3.63) is 29.3 Å². The Morgan fingerprint density at radius 2 is 2.08 bits per heavy atom. The fourth-order valence-corrected chi connectivity index (χ4v) is 1.46. The van der Waals surface area contributed by atoms with Crippen LogP contribution >= 0.6 is 16.1 Å². The van der Waals surface area contributed by atoms with Crippen molar-refractivity contribution in [1.29, 1.82) is 5.41 Å². The second-order valence-electron chi connectivity index (χ2n) is 2.89. The van der Waals surface area contributed by atoms with Gasteiger partial charge >= 0.3 is 0 Å². The van der Waals surface area contributed by atoms with E-state index in [0.717, 1.165) is 11.3 Å². The molecule has 0 bridgehead atoms. The van der Waals surface area contributed by atoms with E-state index in [2.05, 4.69) is 16.1 Å². The fourth-order valence-electron chi connectivity index (χ4n) is 1.08. The summed E-state index contributed by atoms with van der Waals surface area (Å²) in [4.78, 5) is 0. The summed E-state index contributed by atoms with van der Waals surface area (Å²) in [6, 6.07) is 5.88. The minimum absolute atomic E-state index is 0.0197. The van der Waals surface area contributed by atoms with Gasteiger partial charge in [-0.1, -0.05) is 12.1 Å². The number of halogens is 1. The first-order valence-electron chi connectivity index (χ1n) is 3.90. The summed E-state index contributed by atoms with van der Waals surface area (Å²) in [6.07, 6.45) is 0. The number of nitrogens with zero attached hydrogens (tertiary/aromatic N) is 1. The highest BCUT2D eigenvalue weighted by atomic mass is 79.9. The summed E-state index contributed by atoms with van der Waals surface area (Å²) in [5, 5.41) is 7.26. The number of hydrogen-bond donors (Lipinski definition) is 2. The molecule has 0 radical (unpaired) electrons. The maximum absolute atomic E-state index is 7.26. The molecule has 13 heavy (non-hydrogen) atoms. The maximum Gasteiger partial charge on any atom is 0.203 e. The van der Waals surface area contributed by atoms with Crippen LogP contribution in [0.3, 0.4) is 0 Å². The molecule has 0 aliphatic heterocycles. The Hall–Kier alpha value is -1.03. The summed E-state index contributed by atoms with van der Waals surface area (Å²) in [7, 11) is 0. The number of benzene rings is 1. The molecular weight excluding hydrogens is 230 g/mol. The standard InChI is InChI=1S/C9H12BrN3/c1-6-4-3-5-8(7(6)2)13(10)9(11)12/h3-5H,1-2H3,(H3,11,12). The van der Waals surface area contributed by atoms with E-state index in [1.54, 1.807) is 0 Å². The molecule has 0 spiro atoms. The topological polar surface area (TPSA) is 53.1 Å². The quantitative estimate of drug-likeness (QED) is 0.451. The second kappa shape index (κ2) is 3.79. The highest BCUT2D eigenvalue weighted by Crippen LogP contribution is 2.24. The first-order chi connectivity index (χ1) is 6.04. The van der Waals surface area contributed by atoms with Gasteiger partial charge in [-0.05, 0) is 31.0 Å². The molecule has 3 N–H and O–H groups in total. The molecule has 4 heteroatoms. The number of guanidine groups is 1. The van der Waals surface area contributed by atoms with Crippen molar-refractivity contribution >= 4 is 27.8 Å². The minimum atomic E-state index is -0.0197. The van der Waals surface area contributed by atoms with Crippen molar-refractivity contribution in [3.63, 3.8) is 0 Å². The van der Waals surface area contributed by atoms with Gasteiger partial charge < -0.3 is 5.73 Å². The third-order valence-corrected chi connectivity index (χ3v) is 2.76. The zero-order chi connectivity index (χ0) is 10.0. The van der Waals surface area contributed by atoms with Crippen molar-refractivity contribution in [1.82, 2.24) is 0 Å². The molecule has 1 aromatic rings. The summed E-state index contributed by atoms with van der Waals surface area (Å²) in [5.74, 6) is -0.0197. The SMILES string of the molecule is Cc1cccc(N(Br)C(=N)N)c1C. The fraction of sp³-hybridized carbons (Fsp3) is 0.222. The van der Waals surface area contributed by atoms with E-state index in [9.17, 15) is 0 Å². The number of nitrogens with one attached hydrogen (secondary N) is 1. The second-order valence-corrected chi connectivity index (χ2v) is 3.59. The van der Waals surface area contributed by atoms with E-state index < -0.39 is 0 Å². The van der Waals surface area contributed by atoms with Gasteiger partial charge in [0.15, 0.2) is 0 Å². The van der Waals surface area contributed by atoms with Gasteiger partial charge in [-0.15, -0.1) is 0 Å². The van der Waals surface area contributed by atoms with Crippen LogP contribution in [0.4, 0.5) is 5.69 Å². The average Bonchev–Trinajstić information content (AvgIpc) is 2.08. The van der Waals surface area contributed by atoms with Crippen molar-refractivity contribution in [3.8, 4) is 0 Å². The van der Waals surface area contributed by atoms with Crippen LogP contribution in [0.25, 0.3) is 0 Å². The molecule has 0 atom stereocenters. The van der Waals surface area contributed by atoms with Crippen molar-refractivity contribution in [2.24, 2.45) is 5.73 Å². The Balaban J connectivity index is 3.15. The molecule has 1 aromatic carbocycles. The lowest BCUT2D eigenvalue weighted by Crippen LogP contribution is -2.28. The summed E-state index contributed by atoms with van der Waals surface area (Å²) in [6.45, 7) is 4.03. The summed E-state index contributed by atoms with van der Waals surface area (Å²) in [5.41, 5.74) is 8.56. The largest absolute Gasteiger partial charge is 0.369 e. The maximum atomic E-state index is 7.26. The summed E-state index contributed by atoms with van der Waals surface area (Å²) < 4.78 is 1.48. The van der Waals surface area contributed by atoms with Gasteiger partial charge in [0.25, 0.3) is 0 Å². The van der Waals surface area contributed by atoms with E-state index in [-0.39, 0.29) is 5.96 Å². The normalized spacial score (nSPS) is 9.77. The van der Waals surface area contributed by atoms with Gasteiger partial charge in [-0.2, -0.15) is 0 Å². The van der Waals surface area contributed by atoms with Gasteiger partial charge in [0.1, 0.15) is 0 Å². The first-order valence-corrected chi connectivity index (χ1v) is 4.61. The molecule has 0 heterocycles. The van der Waals surface area contributed by atoms with E-state index >= 15 is 0 Å². The van der Waals surface area contributed by atoms with Crippen LogP contribution in [0.15, 0.2) is 18.2 Å². The van der Waals surface area contributed by atoms with Crippen LogP contribution in [0.5, 0.6) is 0 Å². The molecule has 0 saturated carbocycles. The summed E-state index contributed by atoms with van der Waals surface area (Å²) >= 11 is 3.22. The molecule has 70 valence electrons. The Morgan fingerprint density at radius 3 is 2.62 bits per heavy atom. The predicted octanol–water partition coefficient (Wildman–Crippen LogP) is 2.31. The molecule has 0 aromatic heterocycles. The van der Waals surface area contributed by atoms with E-state index in [1.807, 2.05) is 32.0 Å². The number of aryl methyl sites for hydroxylation is 1. The van der Waals surface area contributed by atoms with Gasteiger partial charge in [-0.25, -0.2) is 3.93 Å². The zero-order valence-corrected chi connectivity index (χ0v) is 9.22. The van der Waals surface area contributed by atoms with Crippen molar-refractivity contribution < 1.29 is 0 Å². The van der Waals surface area contributed by atoms with Gasteiger partial charge in [0.05, 0.1) is 21.8 Å². The smallest absolute Gasteiger partial charge is 0.203 e. The first kappa shape index (κ1) is 10.1. The number of anilines is 1. The van der Waals surface area contributed by atoms with Gasteiger partial charge in [0.2, 0.25) is 5.96 Å². The predicted molar refractivity (Wildman–Crippen MR) is 59.2 cm³/mol. The molecule has 3 nitrogen and oxygen atoms in total. The lowest BCUT2D eigenvalue weighted by molar-refractivity contribution is 1.29. The molecule has 0 unspecified atom stereocenters.